The van der Waals surface area contributed by atoms with Crippen LogP contribution in [-0.4, -0.2) is 32.3 Å². The van der Waals surface area contributed by atoms with E-state index in [4.69, 9.17) is 16.6 Å². The Morgan fingerprint density at radius 3 is 2.81 bits per heavy atom. The summed E-state index contributed by atoms with van der Waals surface area (Å²) in [5.41, 5.74) is 4.05. The quantitative estimate of drug-likeness (QED) is 0.119. The number of nitro benzene ring substituents is 1. The number of nitro groups is 1. The summed E-state index contributed by atoms with van der Waals surface area (Å²) in [7, 11) is 0. The van der Waals surface area contributed by atoms with E-state index in [2.05, 4.69) is 10.5 Å². The number of aryl methyl sites for hydroxylation is 2. The van der Waals surface area contributed by atoms with Crippen molar-refractivity contribution in [1.29, 1.82) is 0 Å². The molecule has 0 saturated heterocycles. The average molecular weight is 540 g/mol. The van der Waals surface area contributed by atoms with E-state index in [0.717, 1.165) is 36.6 Å². The van der Waals surface area contributed by atoms with Gasteiger partial charge in [-0.25, -0.2) is 10.4 Å². The van der Waals surface area contributed by atoms with Gasteiger partial charge in [-0.3, -0.25) is 24.3 Å². The molecule has 2 heterocycles. The summed E-state index contributed by atoms with van der Waals surface area (Å²) in [4.78, 5) is 43.3. The van der Waals surface area contributed by atoms with Crippen LogP contribution in [0.25, 0.3) is 15.9 Å². The number of rotatable bonds is 7. The van der Waals surface area contributed by atoms with E-state index < -0.39 is 10.8 Å². The number of thiophene rings is 1. The van der Waals surface area contributed by atoms with Crippen molar-refractivity contribution < 1.29 is 9.72 Å². The highest BCUT2D eigenvalue weighted by atomic mass is 35.5. The predicted molar refractivity (Wildman–Crippen MR) is 142 cm³/mol. The maximum Gasteiger partial charge on any atom is 0.278 e. The van der Waals surface area contributed by atoms with Crippen molar-refractivity contribution in [3.05, 3.63) is 90.0 Å². The van der Waals surface area contributed by atoms with Gasteiger partial charge in [-0.05, 0) is 55.2 Å². The molecule has 0 fully saturated rings. The monoisotopic (exact) mass is 539 g/mol. The smallest absolute Gasteiger partial charge is 0.272 e. The number of amides is 1. The van der Waals surface area contributed by atoms with E-state index in [1.54, 1.807) is 36.4 Å². The lowest BCUT2D eigenvalue weighted by Crippen LogP contribution is -2.24. The van der Waals surface area contributed by atoms with Gasteiger partial charge in [0, 0.05) is 16.0 Å². The molecule has 4 aromatic rings. The third kappa shape index (κ3) is 4.77. The molecule has 5 rings (SSSR count). The number of halogens is 1. The number of benzene rings is 2. The standard InChI is InChI=1S/C24H18ClN5O4S2/c25-15-8-10-16(11-9-15)29-23(32)21-17-5-3-7-19(17)36-22(21)27-24(29)35-13-20(31)28-26-12-14-4-1-2-6-18(14)30(33)34/h1-2,4,6,8-12H,3,5,7,13H2,(H,28,31). The van der Waals surface area contributed by atoms with Crippen molar-refractivity contribution in [3.63, 3.8) is 0 Å². The normalized spacial score (nSPS) is 12.8. The zero-order valence-electron chi connectivity index (χ0n) is 18.6. The molecule has 9 nitrogen and oxygen atoms in total. The van der Waals surface area contributed by atoms with Gasteiger partial charge in [-0.15, -0.1) is 11.3 Å². The van der Waals surface area contributed by atoms with Crippen LogP contribution in [0, 0.1) is 10.1 Å². The summed E-state index contributed by atoms with van der Waals surface area (Å²) in [5, 5.41) is 16.5. The Bertz CT molecular complexity index is 1580. The van der Waals surface area contributed by atoms with Crippen molar-refractivity contribution in [1.82, 2.24) is 15.0 Å². The van der Waals surface area contributed by atoms with Crippen molar-refractivity contribution in [2.24, 2.45) is 5.10 Å². The lowest BCUT2D eigenvalue weighted by atomic mass is 10.2. The minimum Gasteiger partial charge on any atom is -0.272 e. The first kappa shape index (κ1) is 24.2. The summed E-state index contributed by atoms with van der Waals surface area (Å²) in [6, 6.07) is 13.0. The maximum absolute atomic E-state index is 13.6. The Morgan fingerprint density at radius 1 is 1.25 bits per heavy atom. The van der Waals surface area contributed by atoms with Crippen LogP contribution in [0.2, 0.25) is 5.02 Å². The van der Waals surface area contributed by atoms with Crippen LogP contribution >= 0.6 is 34.7 Å². The van der Waals surface area contributed by atoms with Crippen LogP contribution in [0.1, 0.15) is 22.4 Å². The highest BCUT2D eigenvalue weighted by molar-refractivity contribution is 7.99. The molecule has 2 aromatic carbocycles. The summed E-state index contributed by atoms with van der Waals surface area (Å²) in [6.07, 6.45) is 4.06. The van der Waals surface area contributed by atoms with Crippen molar-refractivity contribution >= 4 is 62.7 Å². The lowest BCUT2D eigenvalue weighted by molar-refractivity contribution is -0.385. The Labute approximate surface area is 218 Å². The molecular weight excluding hydrogens is 522 g/mol. The first-order valence-corrected chi connectivity index (χ1v) is 13.1. The van der Waals surface area contributed by atoms with Crippen LogP contribution in [0.4, 0.5) is 5.69 Å². The second-order valence-corrected chi connectivity index (χ2v) is 10.4. The zero-order chi connectivity index (χ0) is 25.2. The number of carbonyl (C=O) groups is 1. The fourth-order valence-electron chi connectivity index (χ4n) is 4.04. The van der Waals surface area contributed by atoms with E-state index in [9.17, 15) is 19.7 Å². The minimum absolute atomic E-state index is 0.0646. The fourth-order valence-corrected chi connectivity index (χ4v) is 6.27. The van der Waals surface area contributed by atoms with Crippen LogP contribution in [-0.2, 0) is 17.6 Å². The molecule has 0 aliphatic heterocycles. The third-order valence-corrected chi connectivity index (χ3v) is 8.03. The second-order valence-electron chi connectivity index (χ2n) is 7.95. The number of aromatic nitrogens is 2. The third-order valence-electron chi connectivity index (χ3n) is 5.65. The molecule has 1 N–H and O–H groups in total. The molecule has 36 heavy (non-hydrogen) atoms. The van der Waals surface area contributed by atoms with Gasteiger partial charge < -0.3 is 0 Å². The van der Waals surface area contributed by atoms with Crippen LogP contribution < -0.4 is 11.0 Å². The van der Waals surface area contributed by atoms with E-state index in [-0.39, 0.29) is 22.6 Å². The van der Waals surface area contributed by atoms with Gasteiger partial charge in [0.25, 0.3) is 17.2 Å². The van der Waals surface area contributed by atoms with Gasteiger partial charge in [-0.1, -0.05) is 35.5 Å². The van der Waals surface area contributed by atoms with E-state index in [1.807, 2.05) is 0 Å². The predicted octanol–water partition coefficient (Wildman–Crippen LogP) is 4.74. The molecule has 2 aromatic heterocycles. The van der Waals surface area contributed by atoms with E-state index >= 15 is 0 Å². The Hall–Kier alpha value is -3.54. The number of hydrogen-bond donors (Lipinski definition) is 1. The summed E-state index contributed by atoms with van der Waals surface area (Å²) < 4.78 is 1.51. The van der Waals surface area contributed by atoms with E-state index in [1.165, 1.54) is 39.1 Å². The van der Waals surface area contributed by atoms with Gasteiger partial charge in [0.1, 0.15) is 4.83 Å². The average Bonchev–Trinajstić information content (AvgIpc) is 3.45. The van der Waals surface area contributed by atoms with Crippen LogP contribution in [0.5, 0.6) is 0 Å². The molecule has 182 valence electrons. The highest BCUT2D eigenvalue weighted by Crippen LogP contribution is 2.36. The summed E-state index contributed by atoms with van der Waals surface area (Å²) in [6.45, 7) is 0. The van der Waals surface area contributed by atoms with Crippen LogP contribution in [0.15, 0.2) is 63.6 Å². The Balaban J connectivity index is 1.40. The number of para-hydroxylation sites is 1. The molecule has 0 unspecified atom stereocenters. The van der Waals surface area contributed by atoms with Crippen molar-refractivity contribution in [3.8, 4) is 5.69 Å². The first-order valence-electron chi connectivity index (χ1n) is 10.9. The molecule has 0 saturated carbocycles. The number of nitrogens with zero attached hydrogens (tertiary/aromatic N) is 4. The molecule has 0 radical (unpaired) electrons. The van der Waals surface area contributed by atoms with Crippen LogP contribution in [0.3, 0.4) is 0 Å². The number of hydrogen-bond acceptors (Lipinski definition) is 8. The number of nitrogens with one attached hydrogen (secondary N) is 1. The van der Waals surface area contributed by atoms with Crippen molar-refractivity contribution in [2.45, 2.75) is 24.4 Å². The van der Waals surface area contributed by atoms with Gasteiger partial charge in [0.2, 0.25) is 0 Å². The molecule has 12 heteroatoms. The Kier molecular flexibility index (Phi) is 6.86. The molecule has 0 bridgehead atoms. The lowest BCUT2D eigenvalue weighted by Gasteiger charge is -2.12. The molecular formula is C24H18ClN5O4S2. The molecule has 0 atom stereocenters. The van der Waals surface area contributed by atoms with Gasteiger partial charge in [-0.2, -0.15) is 5.10 Å². The van der Waals surface area contributed by atoms with Gasteiger partial charge in [0.05, 0.1) is 33.5 Å². The second kappa shape index (κ2) is 10.2. The molecule has 1 amide bonds. The summed E-state index contributed by atoms with van der Waals surface area (Å²) >= 11 is 8.69. The Morgan fingerprint density at radius 2 is 2.03 bits per heavy atom. The summed E-state index contributed by atoms with van der Waals surface area (Å²) in [5.74, 6) is -0.509. The maximum atomic E-state index is 13.6. The molecule has 1 aliphatic rings. The molecule has 1 aliphatic carbocycles. The first-order chi connectivity index (χ1) is 17.4. The minimum atomic E-state index is -0.517. The van der Waals surface area contributed by atoms with E-state index in [0.29, 0.717) is 26.1 Å². The fraction of sp³-hybridized carbons (Fsp3) is 0.167. The highest BCUT2D eigenvalue weighted by Gasteiger charge is 2.24. The van der Waals surface area contributed by atoms with Gasteiger partial charge >= 0.3 is 0 Å². The van der Waals surface area contributed by atoms with Crippen molar-refractivity contribution in [2.75, 3.05) is 5.75 Å². The number of hydrazone groups is 1. The molecule has 0 spiro atoms. The largest absolute Gasteiger partial charge is 0.278 e. The number of thioether (sulfide) groups is 1. The number of fused-ring (bicyclic) bond motifs is 3. The number of carbonyl (C=O) groups excluding carboxylic acids is 1. The zero-order valence-corrected chi connectivity index (χ0v) is 21.0. The van der Waals surface area contributed by atoms with Gasteiger partial charge in [0.15, 0.2) is 5.16 Å². The SMILES string of the molecule is O=C(CSc1nc2sc3c(c2c(=O)n1-c1ccc(Cl)cc1)CCC3)NN=Cc1ccccc1[N+](=O)[O-]. The topological polar surface area (TPSA) is 119 Å².